The molecule has 8 heavy (non-hydrogen) atoms. The highest BCUT2D eigenvalue weighted by molar-refractivity contribution is 5.85. The molecule has 0 bridgehead atoms. The van der Waals surface area contributed by atoms with Crippen LogP contribution in [0.1, 0.15) is 0 Å². The lowest BCUT2D eigenvalue weighted by molar-refractivity contribution is -0.0940. The zero-order valence-electron chi connectivity index (χ0n) is 5.09. The van der Waals surface area contributed by atoms with Crippen LogP contribution in [0.3, 0.4) is 0 Å². The van der Waals surface area contributed by atoms with Gasteiger partial charge in [-0.3, -0.25) is 0 Å². The van der Waals surface area contributed by atoms with E-state index in [0.717, 1.165) is 0 Å². The highest BCUT2D eigenvalue weighted by Gasteiger charge is 1.96. The molecular formula is C4H12ClNO2. The number of hydrogen-bond donors (Lipinski definition) is 1. The van der Waals surface area contributed by atoms with Gasteiger partial charge in [0.15, 0.2) is 6.29 Å². The normalized spacial score (nSPS) is 9.00. The van der Waals surface area contributed by atoms with E-state index in [4.69, 9.17) is 15.2 Å². The van der Waals surface area contributed by atoms with Crippen molar-refractivity contribution in [2.45, 2.75) is 6.29 Å². The Bertz CT molecular complexity index is 35.5. The Hall–Kier alpha value is 0.170. The fourth-order valence-electron chi connectivity index (χ4n) is 0.289. The van der Waals surface area contributed by atoms with E-state index in [9.17, 15) is 0 Å². The summed E-state index contributed by atoms with van der Waals surface area (Å²) in [6, 6.07) is 0. The summed E-state index contributed by atoms with van der Waals surface area (Å²) in [5.41, 5.74) is 5.14. The molecule has 0 spiro atoms. The highest BCUT2D eigenvalue weighted by Crippen LogP contribution is 1.83. The van der Waals surface area contributed by atoms with Crippen LogP contribution >= 0.6 is 12.4 Å². The molecule has 0 unspecified atom stereocenters. The number of hydrogen-bond acceptors (Lipinski definition) is 3. The molecule has 0 amide bonds. The molecule has 0 aromatic heterocycles. The zero-order valence-corrected chi connectivity index (χ0v) is 5.90. The molecule has 52 valence electrons. The molecule has 0 atom stereocenters. The maximum absolute atomic E-state index is 5.14. The maximum atomic E-state index is 5.14. The Labute approximate surface area is 55.6 Å². The predicted octanol–water partition coefficient (Wildman–Crippen LogP) is -0.0142. The summed E-state index contributed by atoms with van der Waals surface area (Å²) < 4.78 is 9.40. The summed E-state index contributed by atoms with van der Waals surface area (Å²) in [5.74, 6) is 0. The Morgan fingerprint density at radius 1 is 1.38 bits per heavy atom. The van der Waals surface area contributed by atoms with Gasteiger partial charge >= 0.3 is 0 Å². The van der Waals surface area contributed by atoms with E-state index in [0.29, 0.717) is 6.54 Å². The van der Waals surface area contributed by atoms with E-state index in [1.54, 1.807) is 14.2 Å². The molecular weight excluding hydrogens is 130 g/mol. The van der Waals surface area contributed by atoms with E-state index >= 15 is 0 Å². The number of rotatable bonds is 3. The molecule has 0 heterocycles. The highest BCUT2D eigenvalue weighted by atomic mass is 35.5. The average Bonchev–Trinajstić information content (AvgIpc) is 1.72. The third-order valence-corrected chi connectivity index (χ3v) is 0.718. The lowest BCUT2D eigenvalue weighted by Gasteiger charge is -2.08. The largest absolute Gasteiger partial charge is 0.355 e. The summed E-state index contributed by atoms with van der Waals surface area (Å²) in [4.78, 5) is 0. The van der Waals surface area contributed by atoms with Crippen molar-refractivity contribution >= 4 is 12.4 Å². The fourth-order valence-corrected chi connectivity index (χ4v) is 0.289. The minimum absolute atomic E-state index is 0. The quantitative estimate of drug-likeness (QED) is 0.563. The summed E-state index contributed by atoms with van der Waals surface area (Å²) in [7, 11) is 3.11. The van der Waals surface area contributed by atoms with Crippen LogP contribution in [0.15, 0.2) is 0 Å². The van der Waals surface area contributed by atoms with Crippen LogP contribution in [0.2, 0.25) is 0 Å². The van der Waals surface area contributed by atoms with Crippen LogP contribution in [0.4, 0.5) is 0 Å². The van der Waals surface area contributed by atoms with Crippen molar-refractivity contribution in [3.05, 3.63) is 0 Å². The predicted molar refractivity (Wildman–Crippen MR) is 34.1 cm³/mol. The van der Waals surface area contributed by atoms with Crippen molar-refractivity contribution in [3.63, 3.8) is 0 Å². The lowest BCUT2D eigenvalue weighted by atomic mass is 10.6. The van der Waals surface area contributed by atoms with Crippen molar-refractivity contribution < 1.29 is 9.47 Å². The van der Waals surface area contributed by atoms with Gasteiger partial charge in [-0.2, -0.15) is 0 Å². The first-order valence-electron chi connectivity index (χ1n) is 2.10. The van der Waals surface area contributed by atoms with Gasteiger partial charge in [-0.05, 0) is 0 Å². The number of ether oxygens (including phenoxy) is 2. The van der Waals surface area contributed by atoms with Gasteiger partial charge in [-0.25, -0.2) is 0 Å². The van der Waals surface area contributed by atoms with Crippen molar-refractivity contribution in [2.24, 2.45) is 5.73 Å². The monoisotopic (exact) mass is 141 g/mol. The molecule has 0 aliphatic carbocycles. The van der Waals surface area contributed by atoms with Gasteiger partial charge in [-0.1, -0.05) is 0 Å². The molecule has 0 aliphatic heterocycles. The summed E-state index contributed by atoms with van der Waals surface area (Å²) >= 11 is 0. The van der Waals surface area contributed by atoms with Crippen molar-refractivity contribution in [1.29, 1.82) is 0 Å². The van der Waals surface area contributed by atoms with Crippen molar-refractivity contribution in [2.75, 3.05) is 20.8 Å². The fraction of sp³-hybridized carbons (Fsp3) is 1.00. The second-order valence-corrected chi connectivity index (χ2v) is 1.14. The Morgan fingerprint density at radius 2 is 1.75 bits per heavy atom. The summed E-state index contributed by atoms with van der Waals surface area (Å²) in [6.45, 7) is 0.410. The summed E-state index contributed by atoms with van der Waals surface area (Å²) in [6.07, 6.45) is -0.236. The van der Waals surface area contributed by atoms with E-state index in [1.165, 1.54) is 0 Å². The minimum atomic E-state index is -0.236. The first-order chi connectivity index (χ1) is 3.35. The number of methoxy groups -OCH3 is 2. The van der Waals surface area contributed by atoms with E-state index in [-0.39, 0.29) is 18.7 Å². The van der Waals surface area contributed by atoms with Crippen LogP contribution < -0.4 is 5.73 Å². The van der Waals surface area contributed by atoms with E-state index in [2.05, 4.69) is 0 Å². The topological polar surface area (TPSA) is 44.5 Å². The Kier molecular flexibility index (Phi) is 9.89. The minimum Gasteiger partial charge on any atom is -0.355 e. The zero-order chi connectivity index (χ0) is 5.70. The van der Waals surface area contributed by atoms with Gasteiger partial charge in [0.05, 0.1) is 0 Å². The Morgan fingerprint density at radius 3 is 1.75 bits per heavy atom. The van der Waals surface area contributed by atoms with Crippen molar-refractivity contribution in [1.82, 2.24) is 0 Å². The molecule has 0 radical (unpaired) electrons. The Balaban J connectivity index is 0. The van der Waals surface area contributed by atoms with Gasteiger partial charge in [0.2, 0.25) is 0 Å². The summed E-state index contributed by atoms with van der Waals surface area (Å²) in [5, 5.41) is 0. The van der Waals surface area contributed by atoms with Crippen LogP contribution in [0, 0.1) is 0 Å². The number of halogens is 1. The molecule has 2 N–H and O–H groups in total. The van der Waals surface area contributed by atoms with Gasteiger partial charge in [0.25, 0.3) is 0 Å². The van der Waals surface area contributed by atoms with E-state index in [1.807, 2.05) is 0 Å². The number of nitrogens with two attached hydrogens (primary N) is 1. The molecule has 0 aliphatic rings. The molecule has 0 saturated heterocycles. The molecule has 0 aromatic carbocycles. The lowest BCUT2D eigenvalue weighted by Crippen LogP contribution is -2.23. The van der Waals surface area contributed by atoms with Crippen LogP contribution in [-0.2, 0) is 9.47 Å². The molecule has 0 saturated carbocycles. The molecule has 3 nitrogen and oxygen atoms in total. The van der Waals surface area contributed by atoms with Crippen LogP contribution in [0.5, 0.6) is 0 Å². The van der Waals surface area contributed by atoms with Crippen LogP contribution in [0.25, 0.3) is 0 Å². The maximum Gasteiger partial charge on any atom is 0.168 e. The van der Waals surface area contributed by atoms with E-state index < -0.39 is 0 Å². The molecule has 4 heteroatoms. The first-order valence-corrected chi connectivity index (χ1v) is 2.10. The smallest absolute Gasteiger partial charge is 0.168 e. The van der Waals surface area contributed by atoms with Crippen LogP contribution in [-0.4, -0.2) is 27.1 Å². The third kappa shape index (κ3) is 4.33. The van der Waals surface area contributed by atoms with Gasteiger partial charge in [0, 0.05) is 20.8 Å². The second-order valence-electron chi connectivity index (χ2n) is 1.14. The molecule has 0 fully saturated rings. The molecule has 0 aromatic rings. The van der Waals surface area contributed by atoms with Gasteiger partial charge in [-0.15, -0.1) is 12.4 Å². The third-order valence-electron chi connectivity index (χ3n) is 0.718. The van der Waals surface area contributed by atoms with Gasteiger partial charge in [0.1, 0.15) is 0 Å². The van der Waals surface area contributed by atoms with Gasteiger partial charge < -0.3 is 15.2 Å². The first kappa shape index (κ1) is 11.0. The standard InChI is InChI=1S/C4H11NO2.ClH/c1-6-4(3-5)7-2;/h4H,3,5H2,1-2H3;1H. The van der Waals surface area contributed by atoms with Crippen molar-refractivity contribution in [3.8, 4) is 0 Å². The SMILES string of the molecule is COC(CN)OC.Cl. The average molecular weight is 142 g/mol. The second kappa shape index (κ2) is 7.17. The molecule has 0 rings (SSSR count).